The zero-order chi connectivity index (χ0) is 9.59. The van der Waals surface area contributed by atoms with Crippen molar-refractivity contribution in [1.29, 1.82) is 0 Å². The van der Waals surface area contributed by atoms with E-state index in [4.69, 9.17) is 17.3 Å². The van der Waals surface area contributed by atoms with Gasteiger partial charge in [-0.3, -0.25) is 0 Å². The van der Waals surface area contributed by atoms with E-state index < -0.39 is 0 Å². The lowest BCUT2D eigenvalue weighted by atomic mass is 10.5. The summed E-state index contributed by atoms with van der Waals surface area (Å²) >= 11 is 5.84. The third-order valence-electron chi connectivity index (χ3n) is 1.92. The second-order valence-corrected chi connectivity index (χ2v) is 3.12. The first-order valence-electron chi connectivity index (χ1n) is 3.71. The number of nitrogens with two attached hydrogens (primary N) is 1. The molecule has 68 valence electrons. The second-order valence-electron chi connectivity index (χ2n) is 2.76. The Labute approximate surface area is 79.6 Å². The summed E-state index contributed by atoms with van der Waals surface area (Å²) in [6.07, 6.45) is 0. The lowest BCUT2D eigenvalue weighted by molar-refractivity contribution is 0.874. The number of nitrogen functional groups attached to an aromatic ring is 1. The van der Waals surface area contributed by atoms with Crippen LogP contribution in [0.25, 0.3) is 11.2 Å². The molecule has 0 bridgehead atoms. The largest absolute Gasteiger partial charge is 0.368 e. The molecule has 5 nitrogen and oxygen atoms in total. The third-order valence-corrected chi connectivity index (χ3v) is 2.18. The molecule has 0 atom stereocenters. The Kier molecular flexibility index (Phi) is 1.63. The van der Waals surface area contributed by atoms with Gasteiger partial charge in [-0.2, -0.15) is 9.97 Å². The summed E-state index contributed by atoms with van der Waals surface area (Å²) in [5.74, 6) is 0.998. The number of halogens is 1. The number of aromatic nitrogens is 4. The van der Waals surface area contributed by atoms with Gasteiger partial charge in [-0.25, -0.2) is 4.98 Å². The van der Waals surface area contributed by atoms with Crippen LogP contribution in [-0.4, -0.2) is 19.5 Å². The third kappa shape index (κ3) is 1.12. The smallest absolute Gasteiger partial charge is 0.223 e. The van der Waals surface area contributed by atoms with Gasteiger partial charge in [0.2, 0.25) is 5.95 Å². The van der Waals surface area contributed by atoms with Crippen molar-refractivity contribution < 1.29 is 0 Å². The Morgan fingerprint density at radius 2 is 2.00 bits per heavy atom. The fourth-order valence-corrected chi connectivity index (χ4v) is 1.37. The van der Waals surface area contributed by atoms with E-state index in [-0.39, 0.29) is 5.95 Å². The van der Waals surface area contributed by atoms with E-state index in [2.05, 4.69) is 15.0 Å². The molecule has 0 aliphatic rings. The first-order chi connectivity index (χ1) is 6.09. The van der Waals surface area contributed by atoms with Crippen molar-refractivity contribution >= 4 is 28.7 Å². The summed E-state index contributed by atoms with van der Waals surface area (Å²) in [6, 6.07) is 0. The first kappa shape index (κ1) is 8.25. The molecule has 0 saturated carbocycles. The van der Waals surface area contributed by atoms with Crippen LogP contribution in [0.5, 0.6) is 0 Å². The van der Waals surface area contributed by atoms with Gasteiger partial charge < -0.3 is 10.3 Å². The summed E-state index contributed by atoms with van der Waals surface area (Å²) < 4.78 is 1.82. The second kappa shape index (κ2) is 2.56. The molecule has 2 aromatic heterocycles. The minimum absolute atomic E-state index is 0.167. The molecule has 0 saturated heterocycles. The SMILES string of the molecule is Cc1nc2c(Cl)nc(N)nc2n1C. The van der Waals surface area contributed by atoms with Crippen LogP contribution in [0.1, 0.15) is 5.82 Å². The molecule has 0 aromatic carbocycles. The highest BCUT2D eigenvalue weighted by atomic mass is 35.5. The number of rotatable bonds is 0. The monoisotopic (exact) mass is 197 g/mol. The first-order valence-corrected chi connectivity index (χ1v) is 4.09. The van der Waals surface area contributed by atoms with Crippen molar-refractivity contribution in [2.24, 2.45) is 7.05 Å². The molecule has 2 heterocycles. The minimum atomic E-state index is 0.167. The predicted molar refractivity (Wildman–Crippen MR) is 50.5 cm³/mol. The highest BCUT2D eigenvalue weighted by molar-refractivity contribution is 6.33. The highest BCUT2D eigenvalue weighted by Gasteiger charge is 2.10. The van der Waals surface area contributed by atoms with Gasteiger partial charge in [-0.15, -0.1) is 0 Å². The van der Waals surface area contributed by atoms with Gasteiger partial charge in [0.05, 0.1) is 0 Å². The van der Waals surface area contributed by atoms with Crippen LogP contribution in [0, 0.1) is 6.92 Å². The quantitative estimate of drug-likeness (QED) is 0.638. The molecule has 0 radical (unpaired) electrons. The van der Waals surface area contributed by atoms with E-state index in [1.807, 2.05) is 18.5 Å². The lowest BCUT2D eigenvalue weighted by Gasteiger charge is -1.96. The molecule has 13 heavy (non-hydrogen) atoms. The number of nitrogens with zero attached hydrogens (tertiary/aromatic N) is 4. The molecule has 0 spiro atoms. The molecule has 2 N–H and O–H groups in total. The maximum absolute atomic E-state index is 5.84. The molecule has 0 aliphatic carbocycles. The van der Waals surface area contributed by atoms with Gasteiger partial charge in [-0.1, -0.05) is 11.6 Å². The van der Waals surface area contributed by atoms with Crippen molar-refractivity contribution in [2.45, 2.75) is 6.92 Å². The van der Waals surface area contributed by atoms with Gasteiger partial charge in [0.1, 0.15) is 11.3 Å². The summed E-state index contributed by atoms with van der Waals surface area (Å²) in [7, 11) is 1.85. The van der Waals surface area contributed by atoms with Crippen LogP contribution in [0.2, 0.25) is 5.15 Å². The zero-order valence-corrected chi connectivity index (χ0v) is 8.00. The van der Waals surface area contributed by atoms with Gasteiger partial charge in [0.25, 0.3) is 0 Å². The maximum Gasteiger partial charge on any atom is 0.223 e. The van der Waals surface area contributed by atoms with Gasteiger partial charge >= 0.3 is 0 Å². The number of aryl methyl sites for hydroxylation is 2. The van der Waals surface area contributed by atoms with E-state index in [9.17, 15) is 0 Å². The van der Waals surface area contributed by atoms with E-state index in [1.54, 1.807) is 0 Å². The highest BCUT2D eigenvalue weighted by Crippen LogP contribution is 2.20. The number of anilines is 1. The van der Waals surface area contributed by atoms with E-state index in [0.29, 0.717) is 16.3 Å². The lowest BCUT2D eigenvalue weighted by Crippen LogP contribution is -1.98. The Bertz CT molecular complexity index is 475. The molecule has 2 aromatic rings. The van der Waals surface area contributed by atoms with Crippen molar-refractivity contribution in [2.75, 3.05) is 5.73 Å². The van der Waals surface area contributed by atoms with Crippen LogP contribution in [0.4, 0.5) is 5.95 Å². The van der Waals surface area contributed by atoms with Crippen LogP contribution in [-0.2, 0) is 7.05 Å². The van der Waals surface area contributed by atoms with Gasteiger partial charge in [0, 0.05) is 7.05 Å². The van der Waals surface area contributed by atoms with Crippen LogP contribution in [0.15, 0.2) is 0 Å². The molecule has 0 unspecified atom stereocenters. The predicted octanol–water partition coefficient (Wildman–Crippen LogP) is 0.907. The van der Waals surface area contributed by atoms with E-state index >= 15 is 0 Å². The van der Waals surface area contributed by atoms with Crippen LogP contribution < -0.4 is 5.73 Å². The molecule has 0 fully saturated rings. The standard InChI is InChI=1S/C7H8ClN5/c1-3-10-4-5(8)11-7(9)12-6(4)13(3)2/h1-2H3,(H2,9,11,12). The fraction of sp³-hybridized carbons (Fsp3) is 0.286. The van der Waals surface area contributed by atoms with E-state index in [0.717, 1.165) is 5.82 Å². The van der Waals surface area contributed by atoms with Crippen LogP contribution >= 0.6 is 11.6 Å². The number of fused-ring (bicyclic) bond motifs is 1. The molecular formula is C7H8ClN5. The molecular weight excluding hydrogens is 190 g/mol. The van der Waals surface area contributed by atoms with Crippen molar-refractivity contribution in [3.8, 4) is 0 Å². The summed E-state index contributed by atoms with van der Waals surface area (Å²) in [5, 5.41) is 0.297. The number of hydrogen-bond acceptors (Lipinski definition) is 4. The van der Waals surface area contributed by atoms with Gasteiger partial charge in [0.15, 0.2) is 10.8 Å². The number of hydrogen-bond donors (Lipinski definition) is 1. The van der Waals surface area contributed by atoms with Crippen molar-refractivity contribution in [1.82, 2.24) is 19.5 Å². The normalized spacial score (nSPS) is 11.0. The fourth-order valence-electron chi connectivity index (χ4n) is 1.15. The topological polar surface area (TPSA) is 69.6 Å². The Morgan fingerprint density at radius 1 is 1.31 bits per heavy atom. The average molecular weight is 198 g/mol. The number of imidazole rings is 1. The van der Waals surface area contributed by atoms with Gasteiger partial charge in [-0.05, 0) is 6.92 Å². The van der Waals surface area contributed by atoms with E-state index in [1.165, 1.54) is 0 Å². The summed E-state index contributed by atoms with van der Waals surface area (Å²) in [4.78, 5) is 12.1. The average Bonchev–Trinajstić information content (AvgIpc) is 2.32. The molecule has 6 heteroatoms. The Hall–Kier alpha value is -1.36. The van der Waals surface area contributed by atoms with Crippen molar-refractivity contribution in [3.05, 3.63) is 11.0 Å². The molecule has 2 rings (SSSR count). The summed E-state index contributed by atoms with van der Waals surface area (Å²) in [6.45, 7) is 1.87. The summed E-state index contributed by atoms with van der Waals surface area (Å²) in [5.41, 5.74) is 6.71. The Morgan fingerprint density at radius 3 is 2.69 bits per heavy atom. The Balaban J connectivity index is 2.94. The molecule has 0 amide bonds. The molecule has 0 aliphatic heterocycles. The van der Waals surface area contributed by atoms with Crippen LogP contribution in [0.3, 0.4) is 0 Å². The van der Waals surface area contributed by atoms with Crippen molar-refractivity contribution in [3.63, 3.8) is 0 Å². The zero-order valence-electron chi connectivity index (χ0n) is 7.24. The maximum atomic E-state index is 5.84. The minimum Gasteiger partial charge on any atom is -0.368 e.